The molecular formula is C29H24N8O2. The molecule has 3 aromatic carbocycles. The Labute approximate surface area is 225 Å². The molecule has 1 aliphatic heterocycles. The van der Waals surface area contributed by atoms with Crippen molar-refractivity contribution < 1.29 is 9.47 Å². The van der Waals surface area contributed by atoms with Crippen LogP contribution in [0.1, 0.15) is 28.3 Å². The number of rotatable bonds is 6. The Morgan fingerprint density at radius 3 is 2.44 bits per heavy atom. The first-order valence-corrected chi connectivity index (χ1v) is 12.0. The van der Waals surface area contributed by atoms with Crippen molar-refractivity contribution in [2.24, 2.45) is 4.99 Å². The van der Waals surface area contributed by atoms with Crippen LogP contribution >= 0.6 is 0 Å². The highest BCUT2D eigenvalue weighted by Crippen LogP contribution is 2.41. The normalized spacial score (nSPS) is 13.6. The molecule has 0 saturated carbocycles. The van der Waals surface area contributed by atoms with Gasteiger partial charge in [-0.05, 0) is 41.0 Å². The lowest BCUT2D eigenvalue weighted by Crippen LogP contribution is -2.32. The molecule has 0 saturated heterocycles. The summed E-state index contributed by atoms with van der Waals surface area (Å²) in [6, 6.07) is 24.9. The zero-order valence-electron chi connectivity index (χ0n) is 21.0. The number of fused-ring (bicyclic) bond motifs is 1. The first-order chi connectivity index (χ1) is 19.0. The lowest BCUT2D eigenvalue weighted by atomic mass is 9.94. The number of aliphatic imine (C=N–C) groups is 1. The molecule has 10 heteroatoms. The molecule has 39 heavy (non-hydrogen) atoms. The quantitative estimate of drug-likeness (QED) is 0.215. The molecule has 0 radical (unpaired) electrons. The van der Waals surface area contributed by atoms with Crippen LogP contribution in [0.5, 0.6) is 11.5 Å². The highest BCUT2D eigenvalue weighted by molar-refractivity contribution is 5.98. The van der Waals surface area contributed by atoms with Gasteiger partial charge < -0.3 is 26.3 Å². The van der Waals surface area contributed by atoms with Gasteiger partial charge in [-0.25, -0.2) is 9.98 Å². The summed E-state index contributed by atoms with van der Waals surface area (Å²) in [6.07, 6.45) is 1.85. The van der Waals surface area contributed by atoms with Crippen LogP contribution in [0, 0.1) is 22.8 Å². The molecule has 10 nitrogen and oxygen atoms in total. The number of nitrogens with one attached hydrogen (secondary N) is 2. The fourth-order valence-electron chi connectivity index (χ4n) is 4.44. The van der Waals surface area contributed by atoms with Crippen LogP contribution in [-0.4, -0.2) is 18.1 Å². The lowest BCUT2D eigenvalue weighted by molar-refractivity contribution is 0.296. The Morgan fingerprint density at radius 1 is 1.00 bits per heavy atom. The summed E-state index contributed by atoms with van der Waals surface area (Å²) in [5.74, 6) is 1.82. The molecule has 192 valence electrons. The van der Waals surface area contributed by atoms with Crippen molar-refractivity contribution >= 4 is 23.3 Å². The molecule has 6 N–H and O–H groups in total. The smallest absolute Gasteiger partial charge is 0.211 e. The van der Waals surface area contributed by atoms with Gasteiger partial charge in [-0.15, -0.1) is 0 Å². The number of ether oxygens (including phenoxy) is 2. The molecule has 2 heterocycles. The van der Waals surface area contributed by atoms with Crippen molar-refractivity contribution in [3.05, 3.63) is 95.1 Å². The van der Waals surface area contributed by atoms with E-state index in [9.17, 15) is 5.26 Å². The summed E-state index contributed by atoms with van der Waals surface area (Å²) < 4.78 is 11.7. The van der Waals surface area contributed by atoms with Crippen molar-refractivity contribution in [3.8, 4) is 34.9 Å². The second-order valence-corrected chi connectivity index (χ2v) is 8.65. The lowest BCUT2D eigenvalue weighted by Gasteiger charge is -2.26. The third kappa shape index (κ3) is 4.95. The average molecular weight is 517 g/mol. The van der Waals surface area contributed by atoms with E-state index in [0.717, 1.165) is 22.3 Å². The van der Waals surface area contributed by atoms with E-state index in [1.807, 2.05) is 72.9 Å². The van der Waals surface area contributed by atoms with E-state index in [-0.39, 0.29) is 29.6 Å². The Hall–Kier alpha value is -5.74. The van der Waals surface area contributed by atoms with Crippen LogP contribution in [0.25, 0.3) is 11.1 Å². The van der Waals surface area contributed by atoms with E-state index < -0.39 is 6.04 Å². The first-order valence-electron chi connectivity index (χ1n) is 12.0. The van der Waals surface area contributed by atoms with Gasteiger partial charge in [-0.3, -0.25) is 5.32 Å². The minimum Gasteiger partial charge on any atom is -0.496 e. The number of nitriles is 2. The highest BCUT2D eigenvalue weighted by atomic mass is 16.5. The third-order valence-corrected chi connectivity index (χ3v) is 6.33. The largest absolute Gasteiger partial charge is 0.496 e. The van der Waals surface area contributed by atoms with Crippen molar-refractivity contribution in [1.82, 2.24) is 10.3 Å². The molecule has 0 amide bonds. The number of hydrogen-bond acceptors (Lipinski definition) is 10. The topological polar surface area (TPSA) is 167 Å². The number of pyridine rings is 1. The number of methoxy groups -OCH3 is 1. The van der Waals surface area contributed by atoms with Crippen LogP contribution in [0.2, 0.25) is 0 Å². The number of nitrogens with two attached hydrogens (primary N) is 2. The van der Waals surface area contributed by atoms with Crippen LogP contribution in [-0.2, 0) is 6.61 Å². The number of hydrogen-bond donors (Lipinski definition) is 4. The van der Waals surface area contributed by atoms with E-state index in [1.54, 1.807) is 7.11 Å². The Kier molecular flexibility index (Phi) is 6.85. The number of nitrogen functional groups attached to an aromatic ring is 2. The van der Waals surface area contributed by atoms with Gasteiger partial charge in [0.05, 0.1) is 12.8 Å². The standard InChI is InChI=1S/C29H24N8O2/c1-38-23-12-9-19(13-20(23)15-39-21-10-7-18(8-11-21)17-5-3-2-4-6-17)26-24-25(32)22(14-30)27(33)36-28(24)37-29(35-26)34-16-31/h2-13,26H,15H2,1H3,(H6,32,33,34,35,36,37). The molecule has 4 aromatic rings. The number of anilines is 3. The van der Waals surface area contributed by atoms with E-state index in [4.69, 9.17) is 26.2 Å². The maximum absolute atomic E-state index is 9.57. The fourth-order valence-corrected chi connectivity index (χ4v) is 4.44. The molecule has 1 aliphatic rings. The molecule has 5 rings (SSSR count). The van der Waals surface area contributed by atoms with E-state index in [1.165, 1.54) is 0 Å². The number of aromatic nitrogens is 1. The monoisotopic (exact) mass is 516 g/mol. The predicted octanol–water partition coefficient (Wildman–Crippen LogP) is 4.31. The molecule has 0 fully saturated rings. The van der Waals surface area contributed by atoms with Crippen molar-refractivity contribution in [2.75, 3.05) is 23.9 Å². The van der Waals surface area contributed by atoms with Gasteiger partial charge >= 0.3 is 0 Å². The summed E-state index contributed by atoms with van der Waals surface area (Å²) in [4.78, 5) is 8.92. The molecular weight excluding hydrogens is 492 g/mol. The summed E-state index contributed by atoms with van der Waals surface area (Å²) in [5.41, 5.74) is 16.8. The van der Waals surface area contributed by atoms with Crippen molar-refractivity contribution in [2.45, 2.75) is 12.6 Å². The molecule has 0 spiro atoms. The molecule has 1 unspecified atom stereocenters. The first kappa shape index (κ1) is 24.9. The number of nitrogens with zero attached hydrogens (tertiary/aromatic N) is 4. The van der Waals surface area contributed by atoms with Gasteiger partial charge in [0.1, 0.15) is 47.4 Å². The Morgan fingerprint density at radius 2 is 1.74 bits per heavy atom. The fraction of sp³-hybridized carbons (Fsp3) is 0.103. The third-order valence-electron chi connectivity index (χ3n) is 6.33. The van der Waals surface area contributed by atoms with Crippen LogP contribution < -0.4 is 31.6 Å². The van der Waals surface area contributed by atoms with E-state index in [2.05, 4.69) is 32.7 Å². The van der Waals surface area contributed by atoms with Gasteiger partial charge in [-0.2, -0.15) is 10.5 Å². The van der Waals surface area contributed by atoms with Crippen molar-refractivity contribution in [3.63, 3.8) is 0 Å². The highest BCUT2D eigenvalue weighted by Gasteiger charge is 2.30. The van der Waals surface area contributed by atoms with Gasteiger partial charge in [0.25, 0.3) is 0 Å². The molecule has 1 aromatic heterocycles. The predicted molar refractivity (Wildman–Crippen MR) is 149 cm³/mol. The van der Waals surface area contributed by atoms with Crippen molar-refractivity contribution in [1.29, 1.82) is 10.5 Å². The number of benzene rings is 3. The van der Waals surface area contributed by atoms with E-state index >= 15 is 0 Å². The average Bonchev–Trinajstić information content (AvgIpc) is 2.96. The molecule has 0 bridgehead atoms. The van der Waals surface area contributed by atoms with E-state index in [0.29, 0.717) is 22.9 Å². The summed E-state index contributed by atoms with van der Waals surface area (Å²) in [6.45, 7) is 0.228. The Balaban J connectivity index is 1.47. The maximum atomic E-state index is 9.57. The summed E-state index contributed by atoms with van der Waals surface area (Å²) in [7, 11) is 1.59. The number of guanidine groups is 1. The van der Waals surface area contributed by atoms with Gasteiger partial charge in [0.2, 0.25) is 5.96 Å². The van der Waals surface area contributed by atoms with Crippen LogP contribution in [0.15, 0.2) is 77.8 Å². The second-order valence-electron chi connectivity index (χ2n) is 8.65. The van der Waals surface area contributed by atoms with Crippen LogP contribution in [0.4, 0.5) is 17.3 Å². The van der Waals surface area contributed by atoms with Crippen LogP contribution in [0.3, 0.4) is 0 Å². The zero-order valence-corrected chi connectivity index (χ0v) is 21.0. The molecule has 0 aliphatic carbocycles. The van der Waals surface area contributed by atoms with Gasteiger partial charge in [0.15, 0.2) is 6.19 Å². The second kappa shape index (κ2) is 10.7. The summed E-state index contributed by atoms with van der Waals surface area (Å²) >= 11 is 0. The SMILES string of the molecule is COc1ccc(C2N=C(NC#N)Nc3nc(N)c(C#N)c(N)c32)cc1COc1ccc(-c2ccccc2)cc1. The van der Waals surface area contributed by atoms with Gasteiger partial charge in [0, 0.05) is 11.1 Å². The zero-order chi connectivity index (χ0) is 27.4. The minimum absolute atomic E-state index is 0.0136. The minimum atomic E-state index is -0.674. The summed E-state index contributed by atoms with van der Waals surface area (Å²) in [5, 5.41) is 24.1. The Bertz CT molecular complexity index is 1640. The van der Waals surface area contributed by atoms with Gasteiger partial charge in [-0.1, -0.05) is 48.5 Å². The maximum Gasteiger partial charge on any atom is 0.211 e. The molecule has 1 atom stereocenters.